The summed E-state index contributed by atoms with van der Waals surface area (Å²) in [4.78, 5) is 20.6. The van der Waals surface area contributed by atoms with E-state index in [1.165, 1.54) is 6.92 Å². The lowest BCUT2D eigenvalue weighted by molar-refractivity contribution is -0.114. The van der Waals surface area contributed by atoms with Gasteiger partial charge in [0.1, 0.15) is 11.6 Å². The first-order valence-electron chi connectivity index (χ1n) is 10.9. The van der Waals surface area contributed by atoms with Crippen LogP contribution in [0.15, 0.2) is 36.4 Å². The van der Waals surface area contributed by atoms with Gasteiger partial charge in [0.2, 0.25) is 11.8 Å². The van der Waals surface area contributed by atoms with E-state index in [-0.39, 0.29) is 5.91 Å². The molecule has 9 heteroatoms. The lowest BCUT2D eigenvalue weighted by atomic mass is 10.1. The average Bonchev–Trinajstić information content (AvgIpc) is 3.11. The van der Waals surface area contributed by atoms with Gasteiger partial charge in [0.05, 0.1) is 19.9 Å². The SMILES string of the molecule is CCc1cc(Oc2nc(-c3ccc(NC(C)=O)cc3)nn3c(C)nc(C)c23)cc(OC)c1OC. The van der Waals surface area contributed by atoms with Crippen LogP contribution in [0.2, 0.25) is 0 Å². The number of hydrogen-bond donors (Lipinski definition) is 1. The molecule has 0 saturated carbocycles. The van der Waals surface area contributed by atoms with Crippen LogP contribution in [0.5, 0.6) is 23.1 Å². The van der Waals surface area contributed by atoms with Gasteiger partial charge in [-0.05, 0) is 50.6 Å². The fraction of sp³-hybridized carbons (Fsp3) is 0.280. The van der Waals surface area contributed by atoms with Gasteiger partial charge in [-0.25, -0.2) is 9.50 Å². The van der Waals surface area contributed by atoms with Gasteiger partial charge in [0.25, 0.3) is 0 Å². The Morgan fingerprint density at radius 2 is 1.79 bits per heavy atom. The standard InChI is InChI=1S/C25H27N5O4/c1-7-17-12-20(13-21(32-5)23(17)33-6)34-25-22-14(2)26-15(3)30(22)29-24(28-25)18-8-10-19(11-9-18)27-16(4)31/h8-13H,7H2,1-6H3,(H,27,31). The minimum absolute atomic E-state index is 0.132. The maximum atomic E-state index is 11.3. The van der Waals surface area contributed by atoms with E-state index in [1.807, 2.05) is 39.0 Å². The van der Waals surface area contributed by atoms with Gasteiger partial charge in [0.15, 0.2) is 22.8 Å². The predicted octanol–water partition coefficient (Wildman–Crippen LogP) is 4.74. The summed E-state index contributed by atoms with van der Waals surface area (Å²) in [6.45, 7) is 7.28. The number of hydrogen-bond acceptors (Lipinski definition) is 7. The summed E-state index contributed by atoms with van der Waals surface area (Å²) in [6.07, 6.45) is 0.743. The summed E-state index contributed by atoms with van der Waals surface area (Å²) in [5.41, 5.74) is 3.87. The number of aryl methyl sites for hydroxylation is 3. The number of aromatic nitrogens is 4. The number of fused-ring (bicyclic) bond motifs is 1. The normalized spacial score (nSPS) is 10.9. The van der Waals surface area contributed by atoms with Gasteiger partial charge in [-0.1, -0.05) is 6.92 Å². The third kappa shape index (κ3) is 4.36. The number of methoxy groups -OCH3 is 2. The van der Waals surface area contributed by atoms with Crippen molar-refractivity contribution in [2.45, 2.75) is 34.1 Å². The van der Waals surface area contributed by atoms with Gasteiger partial charge in [-0.3, -0.25) is 4.79 Å². The van der Waals surface area contributed by atoms with E-state index >= 15 is 0 Å². The molecule has 1 amide bonds. The van der Waals surface area contributed by atoms with Crippen molar-refractivity contribution in [3.8, 4) is 34.5 Å². The Hall–Kier alpha value is -4.14. The molecule has 0 bridgehead atoms. The highest BCUT2D eigenvalue weighted by atomic mass is 16.5. The zero-order valence-corrected chi connectivity index (χ0v) is 20.1. The molecule has 0 fully saturated rings. The van der Waals surface area contributed by atoms with Gasteiger partial charge in [-0.15, -0.1) is 5.10 Å². The van der Waals surface area contributed by atoms with Crippen molar-refractivity contribution in [3.63, 3.8) is 0 Å². The number of anilines is 1. The molecule has 0 saturated heterocycles. The fourth-order valence-corrected chi connectivity index (χ4v) is 3.84. The first kappa shape index (κ1) is 23.0. The zero-order chi connectivity index (χ0) is 24.4. The molecule has 0 unspecified atom stereocenters. The molecule has 1 N–H and O–H groups in total. The zero-order valence-electron chi connectivity index (χ0n) is 20.1. The van der Waals surface area contributed by atoms with Crippen molar-refractivity contribution in [2.75, 3.05) is 19.5 Å². The summed E-state index contributed by atoms with van der Waals surface area (Å²) < 4.78 is 19.1. The van der Waals surface area contributed by atoms with Crippen LogP contribution < -0.4 is 19.5 Å². The van der Waals surface area contributed by atoms with Gasteiger partial charge < -0.3 is 19.5 Å². The second kappa shape index (κ2) is 9.38. The fourth-order valence-electron chi connectivity index (χ4n) is 3.84. The Labute approximate surface area is 197 Å². The van der Waals surface area contributed by atoms with E-state index < -0.39 is 0 Å². The lowest BCUT2D eigenvalue weighted by Gasteiger charge is -2.15. The second-order valence-electron chi connectivity index (χ2n) is 7.78. The molecule has 2 aromatic heterocycles. The van der Waals surface area contributed by atoms with E-state index in [0.717, 1.165) is 29.1 Å². The molecular weight excluding hydrogens is 434 g/mol. The molecule has 0 spiro atoms. The third-order valence-corrected chi connectivity index (χ3v) is 5.38. The summed E-state index contributed by atoms with van der Waals surface area (Å²) in [6, 6.07) is 11.0. The molecule has 0 radical (unpaired) electrons. The molecule has 0 aliphatic heterocycles. The molecule has 0 atom stereocenters. The Balaban J connectivity index is 1.82. The Kier molecular flexibility index (Phi) is 6.36. The van der Waals surface area contributed by atoms with Crippen molar-refractivity contribution < 1.29 is 19.0 Å². The maximum Gasteiger partial charge on any atom is 0.249 e. The largest absolute Gasteiger partial charge is 0.493 e. The molecular formula is C25H27N5O4. The predicted molar refractivity (Wildman–Crippen MR) is 129 cm³/mol. The van der Waals surface area contributed by atoms with E-state index in [9.17, 15) is 4.79 Å². The molecule has 176 valence electrons. The summed E-state index contributed by atoms with van der Waals surface area (Å²) in [7, 11) is 3.21. The number of nitrogens with one attached hydrogen (secondary N) is 1. The topological polar surface area (TPSA) is 99.9 Å². The number of nitrogens with zero attached hydrogens (tertiary/aromatic N) is 4. The first-order chi connectivity index (χ1) is 16.3. The second-order valence-corrected chi connectivity index (χ2v) is 7.78. The van der Waals surface area contributed by atoms with Crippen LogP contribution in [0, 0.1) is 13.8 Å². The van der Waals surface area contributed by atoms with Gasteiger partial charge in [0, 0.05) is 29.8 Å². The number of benzene rings is 2. The highest BCUT2D eigenvalue weighted by Crippen LogP contribution is 2.38. The van der Waals surface area contributed by atoms with Crippen LogP contribution in [0.4, 0.5) is 5.69 Å². The Morgan fingerprint density at radius 3 is 2.41 bits per heavy atom. The highest BCUT2D eigenvalue weighted by Gasteiger charge is 2.19. The monoisotopic (exact) mass is 461 g/mol. The molecule has 2 aromatic carbocycles. The van der Waals surface area contributed by atoms with Gasteiger partial charge in [-0.2, -0.15) is 4.98 Å². The summed E-state index contributed by atoms with van der Waals surface area (Å²) >= 11 is 0. The van der Waals surface area contributed by atoms with Crippen molar-refractivity contribution in [3.05, 3.63) is 53.5 Å². The van der Waals surface area contributed by atoms with E-state index in [0.29, 0.717) is 40.2 Å². The maximum absolute atomic E-state index is 11.3. The summed E-state index contributed by atoms with van der Waals surface area (Å²) in [5.74, 6) is 3.26. The smallest absolute Gasteiger partial charge is 0.249 e. The van der Waals surface area contributed by atoms with Crippen molar-refractivity contribution in [1.29, 1.82) is 0 Å². The number of carbonyl (C=O) groups excluding carboxylic acids is 1. The van der Waals surface area contributed by atoms with Crippen LogP contribution in [0.25, 0.3) is 16.9 Å². The Bertz CT molecular complexity index is 1340. The quantitative estimate of drug-likeness (QED) is 0.424. The van der Waals surface area contributed by atoms with E-state index in [4.69, 9.17) is 19.2 Å². The van der Waals surface area contributed by atoms with Crippen LogP contribution >= 0.6 is 0 Å². The average molecular weight is 462 g/mol. The molecule has 0 aliphatic rings. The molecule has 2 heterocycles. The number of amides is 1. The number of rotatable bonds is 7. The minimum Gasteiger partial charge on any atom is -0.493 e. The van der Waals surface area contributed by atoms with E-state index in [1.54, 1.807) is 36.9 Å². The van der Waals surface area contributed by atoms with Crippen LogP contribution in [-0.4, -0.2) is 39.7 Å². The number of imidazole rings is 1. The van der Waals surface area contributed by atoms with Crippen LogP contribution in [0.3, 0.4) is 0 Å². The lowest BCUT2D eigenvalue weighted by Crippen LogP contribution is -2.06. The molecule has 0 aliphatic carbocycles. The number of ether oxygens (including phenoxy) is 3. The first-order valence-corrected chi connectivity index (χ1v) is 10.9. The third-order valence-electron chi connectivity index (χ3n) is 5.38. The van der Waals surface area contributed by atoms with Crippen molar-refractivity contribution in [2.24, 2.45) is 0 Å². The van der Waals surface area contributed by atoms with Crippen molar-refractivity contribution >= 4 is 17.1 Å². The van der Waals surface area contributed by atoms with Crippen LogP contribution in [-0.2, 0) is 11.2 Å². The van der Waals surface area contributed by atoms with E-state index in [2.05, 4.69) is 15.4 Å². The molecule has 9 nitrogen and oxygen atoms in total. The molecule has 34 heavy (non-hydrogen) atoms. The number of carbonyl (C=O) groups is 1. The highest BCUT2D eigenvalue weighted by molar-refractivity contribution is 5.88. The minimum atomic E-state index is -0.132. The van der Waals surface area contributed by atoms with Crippen LogP contribution in [0.1, 0.15) is 30.9 Å². The Morgan fingerprint density at radius 1 is 1.06 bits per heavy atom. The van der Waals surface area contributed by atoms with Crippen molar-refractivity contribution in [1.82, 2.24) is 19.6 Å². The van der Waals surface area contributed by atoms with Gasteiger partial charge >= 0.3 is 0 Å². The molecule has 4 aromatic rings. The summed E-state index contributed by atoms with van der Waals surface area (Å²) in [5, 5.41) is 7.44. The molecule has 4 rings (SSSR count).